The zero-order valence-electron chi connectivity index (χ0n) is 9.19. The zero-order chi connectivity index (χ0) is 12.3. The molecule has 0 aromatic heterocycles. The Morgan fingerprint density at radius 2 is 1.76 bits per heavy atom. The van der Waals surface area contributed by atoms with Gasteiger partial charge in [-0.25, -0.2) is 0 Å². The van der Waals surface area contributed by atoms with Gasteiger partial charge in [-0.2, -0.15) is 0 Å². The lowest BCUT2D eigenvalue weighted by molar-refractivity contribution is 0.305. The van der Waals surface area contributed by atoms with Crippen molar-refractivity contribution in [2.24, 2.45) is 0 Å². The molecule has 0 spiro atoms. The molecule has 0 aliphatic heterocycles. The number of halogens is 1. The molecule has 2 aromatic carbocycles. The van der Waals surface area contributed by atoms with Gasteiger partial charge in [0.1, 0.15) is 12.4 Å². The fraction of sp³-hybridized carbons (Fsp3) is 0.0769. The first-order chi connectivity index (χ1) is 8.16. The Morgan fingerprint density at radius 1 is 1.00 bits per heavy atom. The third kappa shape index (κ3) is 2.91. The molecule has 0 saturated heterocycles. The van der Waals surface area contributed by atoms with E-state index in [9.17, 15) is 0 Å². The summed E-state index contributed by atoms with van der Waals surface area (Å²) in [6.45, 7) is 0.491. The third-order valence-electron chi connectivity index (χ3n) is 2.41. The molecule has 0 saturated carbocycles. The minimum atomic E-state index is 0.491. The van der Waals surface area contributed by atoms with E-state index in [2.05, 4.69) is 15.9 Å². The summed E-state index contributed by atoms with van der Waals surface area (Å²) in [5.41, 5.74) is 13.5. The highest BCUT2D eigenvalue weighted by molar-refractivity contribution is 9.10. The molecule has 0 radical (unpaired) electrons. The lowest BCUT2D eigenvalue weighted by Gasteiger charge is -2.09. The number of hydrogen-bond donors (Lipinski definition) is 2. The van der Waals surface area contributed by atoms with Crippen LogP contribution in [0.25, 0.3) is 0 Å². The zero-order valence-corrected chi connectivity index (χ0v) is 10.8. The van der Waals surface area contributed by atoms with Crippen LogP contribution in [-0.2, 0) is 6.61 Å². The van der Waals surface area contributed by atoms with Crippen LogP contribution in [-0.4, -0.2) is 0 Å². The van der Waals surface area contributed by atoms with E-state index in [1.54, 1.807) is 12.1 Å². The standard InChI is InChI=1S/C13H13BrN2O/c14-11-4-2-1-3-9(11)8-17-10-5-6-12(15)13(16)7-10/h1-7H,8,15-16H2. The van der Waals surface area contributed by atoms with Gasteiger partial charge in [-0.15, -0.1) is 0 Å². The normalized spacial score (nSPS) is 10.2. The number of hydrogen-bond acceptors (Lipinski definition) is 3. The van der Waals surface area contributed by atoms with Crippen LogP contribution in [0.4, 0.5) is 11.4 Å². The third-order valence-corrected chi connectivity index (χ3v) is 3.18. The van der Waals surface area contributed by atoms with E-state index in [1.165, 1.54) is 0 Å². The average Bonchev–Trinajstić information content (AvgIpc) is 2.32. The molecule has 2 rings (SSSR count). The van der Waals surface area contributed by atoms with E-state index in [0.717, 1.165) is 10.0 Å². The van der Waals surface area contributed by atoms with Gasteiger partial charge in [0, 0.05) is 16.1 Å². The van der Waals surface area contributed by atoms with E-state index in [4.69, 9.17) is 16.2 Å². The van der Waals surface area contributed by atoms with Crippen molar-refractivity contribution >= 4 is 27.3 Å². The molecule has 0 aliphatic carbocycles. The van der Waals surface area contributed by atoms with Gasteiger partial charge in [0.2, 0.25) is 0 Å². The summed E-state index contributed by atoms with van der Waals surface area (Å²) < 4.78 is 6.67. The number of nitrogens with two attached hydrogens (primary N) is 2. The van der Waals surface area contributed by atoms with Crippen LogP contribution in [0.1, 0.15) is 5.56 Å². The van der Waals surface area contributed by atoms with Gasteiger partial charge < -0.3 is 16.2 Å². The molecule has 2 aromatic rings. The maximum absolute atomic E-state index is 5.71. The van der Waals surface area contributed by atoms with E-state index in [1.807, 2.05) is 30.3 Å². The largest absolute Gasteiger partial charge is 0.489 e. The maximum atomic E-state index is 5.71. The van der Waals surface area contributed by atoms with Crippen molar-refractivity contribution < 1.29 is 4.74 Å². The lowest BCUT2D eigenvalue weighted by atomic mass is 10.2. The predicted octanol–water partition coefficient (Wildman–Crippen LogP) is 3.19. The second-order valence-electron chi connectivity index (χ2n) is 3.67. The summed E-state index contributed by atoms with van der Waals surface area (Å²) in [5, 5.41) is 0. The van der Waals surface area contributed by atoms with Crippen molar-refractivity contribution in [3.63, 3.8) is 0 Å². The van der Waals surface area contributed by atoms with E-state index in [0.29, 0.717) is 23.7 Å². The Hall–Kier alpha value is -1.68. The molecule has 0 heterocycles. The number of ether oxygens (including phenoxy) is 1. The van der Waals surface area contributed by atoms with Crippen molar-refractivity contribution in [2.45, 2.75) is 6.61 Å². The van der Waals surface area contributed by atoms with Gasteiger partial charge in [0.15, 0.2) is 0 Å². The Morgan fingerprint density at radius 3 is 2.47 bits per heavy atom. The maximum Gasteiger partial charge on any atom is 0.122 e. The van der Waals surface area contributed by atoms with Crippen LogP contribution in [0.3, 0.4) is 0 Å². The Bertz CT molecular complexity index is 529. The fourth-order valence-electron chi connectivity index (χ4n) is 1.42. The summed E-state index contributed by atoms with van der Waals surface area (Å²) in [6, 6.07) is 13.2. The molecule has 88 valence electrons. The molecule has 0 amide bonds. The molecule has 3 nitrogen and oxygen atoms in total. The highest BCUT2D eigenvalue weighted by Gasteiger charge is 2.01. The van der Waals surface area contributed by atoms with Gasteiger partial charge >= 0.3 is 0 Å². The molecule has 0 bridgehead atoms. The van der Waals surface area contributed by atoms with Crippen molar-refractivity contribution in [1.82, 2.24) is 0 Å². The Labute approximate surface area is 109 Å². The highest BCUT2D eigenvalue weighted by Crippen LogP contribution is 2.23. The van der Waals surface area contributed by atoms with Crippen LogP contribution < -0.4 is 16.2 Å². The van der Waals surface area contributed by atoms with Crippen molar-refractivity contribution in [2.75, 3.05) is 11.5 Å². The monoisotopic (exact) mass is 292 g/mol. The number of nitrogen functional groups attached to an aromatic ring is 2. The van der Waals surface area contributed by atoms with Gasteiger partial charge in [0.25, 0.3) is 0 Å². The Balaban J connectivity index is 2.08. The molecule has 0 aliphatic rings. The second-order valence-corrected chi connectivity index (χ2v) is 4.53. The van der Waals surface area contributed by atoms with Crippen molar-refractivity contribution in [3.8, 4) is 5.75 Å². The highest BCUT2D eigenvalue weighted by atomic mass is 79.9. The summed E-state index contributed by atoms with van der Waals surface area (Å²) >= 11 is 3.47. The molecule has 0 unspecified atom stereocenters. The molecule has 4 N–H and O–H groups in total. The van der Waals surface area contributed by atoms with Gasteiger partial charge in [-0.1, -0.05) is 34.1 Å². The van der Waals surface area contributed by atoms with Gasteiger partial charge in [0.05, 0.1) is 11.4 Å². The van der Waals surface area contributed by atoms with Crippen LogP contribution in [0.15, 0.2) is 46.9 Å². The predicted molar refractivity (Wildman–Crippen MR) is 73.7 cm³/mol. The first-order valence-electron chi connectivity index (χ1n) is 5.18. The SMILES string of the molecule is Nc1ccc(OCc2ccccc2Br)cc1N. The number of anilines is 2. The minimum Gasteiger partial charge on any atom is -0.489 e. The quantitative estimate of drug-likeness (QED) is 0.854. The molecule has 0 atom stereocenters. The van der Waals surface area contributed by atoms with E-state index in [-0.39, 0.29) is 0 Å². The summed E-state index contributed by atoms with van der Waals surface area (Å²) in [6.07, 6.45) is 0. The van der Waals surface area contributed by atoms with Crippen LogP contribution in [0.5, 0.6) is 5.75 Å². The lowest BCUT2D eigenvalue weighted by Crippen LogP contribution is -1.99. The first-order valence-corrected chi connectivity index (χ1v) is 5.97. The van der Waals surface area contributed by atoms with Crippen LogP contribution in [0, 0.1) is 0 Å². The van der Waals surface area contributed by atoms with Crippen LogP contribution in [0.2, 0.25) is 0 Å². The number of rotatable bonds is 3. The molecule has 17 heavy (non-hydrogen) atoms. The second kappa shape index (κ2) is 5.10. The minimum absolute atomic E-state index is 0.491. The topological polar surface area (TPSA) is 61.3 Å². The van der Waals surface area contributed by atoms with E-state index < -0.39 is 0 Å². The van der Waals surface area contributed by atoms with Crippen molar-refractivity contribution in [1.29, 1.82) is 0 Å². The summed E-state index contributed by atoms with van der Waals surface area (Å²) in [5.74, 6) is 0.715. The average molecular weight is 293 g/mol. The van der Waals surface area contributed by atoms with Gasteiger partial charge in [-0.05, 0) is 18.2 Å². The van der Waals surface area contributed by atoms with Crippen LogP contribution >= 0.6 is 15.9 Å². The molecular formula is C13H13BrN2O. The molecular weight excluding hydrogens is 280 g/mol. The summed E-state index contributed by atoms with van der Waals surface area (Å²) in [7, 11) is 0. The Kier molecular flexibility index (Phi) is 3.54. The fourth-order valence-corrected chi connectivity index (χ4v) is 1.82. The molecule has 0 fully saturated rings. The van der Waals surface area contributed by atoms with Crippen molar-refractivity contribution in [3.05, 3.63) is 52.5 Å². The summed E-state index contributed by atoms with van der Waals surface area (Å²) in [4.78, 5) is 0. The van der Waals surface area contributed by atoms with Gasteiger partial charge in [-0.3, -0.25) is 0 Å². The molecule has 4 heteroatoms. The smallest absolute Gasteiger partial charge is 0.122 e. The van der Waals surface area contributed by atoms with E-state index >= 15 is 0 Å². The first kappa shape index (κ1) is 11.8. The number of benzene rings is 2.